The van der Waals surface area contributed by atoms with E-state index in [1.165, 1.54) is 31.3 Å². The van der Waals surface area contributed by atoms with Gasteiger partial charge in [0.1, 0.15) is 10.6 Å². The molecule has 1 amide bonds. The summed E-state index contributed by atoms with van der Waals surface area (Å²) in [5, 5.41) is 5.33. The van der Waals surface area contributed by atoms with Crippen molar-refractivity contribution < 1.29 is 14.3 Å². The maximum atomic E-state index is 12.2. The molecular weight excluding hydrogens is 334 g/mol. The molecule has 2 rings (SSSR count). The van der Waals surface area contributed by atoms with Crippen LogP contribution in [0.2, 0.25) is 0 Å². The number of hydrogen-bond acceptors (Lipinski definition) is 4. The van der Waals surface area contributed by atoms with Crippen molar-refractivity contribution in [2.45, 2.75) is 45.4 Å². The van der Waals surface area contributed by atoms with Crippen LogP contribution < -0.4 is 5.32 Å². The number of rotatable bonds is 9. The van der Waals surface area contributed by atoms with Crippen LogP contribution in [0.25, 0.3) is 11.1 Å². The molecular formula is C20H25NO3S. The summed E-state index contributed by atoms with van der Waals surface area (Å²) >= 11 is 1.36. The smallest absolute Gasteiger partial charge is 0.341 e. The number of anilines is 1. The van der Waals surface area contributed by atoms with Gasteiger partial charge in [0.25, 0.3) is 0 Å². The number of benzene rings is 1. The average Bonchev–Trinajstić information content (AvgIpc) is 3.05. The van der Waals surface area contributed by atoms with Gasteiger partial charge in [0, 0.05) is 17.4 Å². The molecule has 0 saturated carbocycles. The second kappa shape index (κ2) is 9.99. The third kappa shape index (κ3) is 5.43. The number of amides is 1. The zero-order valence-electron chi connectivity index (χ0n) is 14.8. The van der Waals surface area contributed by atoms with E-state index >= 15 is 0 Å². The molecule has 4 nitrogen and oxygen atoms in total. The summed E-state index contributed by atoms with van der Waals surface area (Å²) < 4.78 is 4.92. The van der Waals surface area contributed by atoms with Gasteiger partial charge < -0.3 is 10.1 Å². The number of unbranched alkanes of at least 4 members (excludes halogenated alkanes) is 4. The molecule has 1 aromatic carbocycles. The molecule has 0 unspecified atom stereocenters. The van der Waals surface area contributed by atoms with Crippen molar-refractivity contribution in [1.29, 1.82) is 0 Å². The Labute approximate surface area is 153 Å². The number of ether oxygens (including phenoxy) is 1. The quantitative estimate of drug-likeness (QED) is 0.475. The highest BCUT2D eigenvalue weighted by molar-refractivity contribution is 7.15. The Balaban J connectivity index is 2.09. The van der Waals surface area contributed by atoms with Gasteiger partial charge in [-0.1, -0.05) is 62.9 Å². The molecule has 1 aromatic heterocycles. The maximum absolute atomic E-state index is 12.2. The summed E-state index contributed by atoms with van der Waals surface area (Å²) in [5.74, 6) is -0.485. The molecule has 0 spiro atoms. The Morgan fingerprint density at radius 3 is 2.48 bits per heavy atom. The predicted molar refractivity (Wildman–Crippen MR) is 103 cm³/mol. The molecule has 0 saturated heterocycles. The molecule has 5 heteroatoms. The molecule has 0 fully saturated rings. The molecule has 1 N–H and O–H groups in total. The number of thiophene rings is 1. The van der Waals surface area contributed by atoms with Gasteiger partial charge in [0.2, 0.25) is 5.91 Å². The highest BCUT2D eigenvalue weighted by Gasteiger charge is 2.22. The van der Waals surface area contributed by atoms with Gasteiger partial charge in [-0.2, -0.15) is 0 Å². The Kier molecular flexibility index (Phi) is 7.67. The largest absolute Gasteiger partial charge is 0.465 e. The van der Waals surface area contributed by atoms with Crippen molar-refractivity contribution >= 4 is 28.2 Å². The number of esters is 1. The molecule has 134 valence electrons. The fourth-order valence-electron chi connectivity index (χ4n) is 2.66. The first-order chi connectivity index (χ1) is 12.2. The van der Waals surface area contributed by atoms with Gasteiger partial charge in [0.15, 0.2) is 0 Å². The molecule has 0 atom stereocenters. The van der Waals surface area contributed by atoms with E-state index in [0.29, 0.717) is 17.0 Å². The summed E-state index contributed by atoms with van der Waals surface area (Å²) in [7, 11) is 1.36. The number of hydrogen-bond donors (Lipinski definition) is 1. The SMILES string of the molecule is CCCCCCCC(=O)Nc1scc(-c2ccccc2)c1C(=O)OC. The maximum Gasteiger partial charge on any atom is 0.341 e. The zero-order valence-corrected chi connectivity index (χ0v) is 15.7. The lowest BCUT2D eigenvalue weighted by molar-refractivity contribution is -0.116. The molecule has 25 heavy (non-hydrogen) atoms. The topological polar surface area (TPSA) is 55.4 Å². The van der Waals surface area contributed by atoms with Crippen molar-refractivity contribution in [1.82, 2.24) is 0 Å². The number of carbonyl (C=O) groups excluding carboxylic acids is 2. The Morgan fingerprint density at radius 1 is 1.08 bits per heavy atom. The fourth-order valence-corrected chi connectivity index (χ4v) is 3.64. The van der Waals surface area contributed by atoms with Crippen molar-refractivity contribution in [3.63, 3.8) is 0 Å². The van der Waals surface area contributed by atoms with Crippen molar-refractivity contribution in [3.8, 4) is 11.1 Å². The summed E-state index contributed by atoms with van der Waals surface area (Å²) in [6.07, 6.45) is 5.96. The van der Waals surface area contributed by atoms with Gasteiger partial charge in [-0.25, -0.2) is 4.79 Å². The van der Waals surface area contributed by atoms with Crippen molar-refractivity contribution in [3.05, 3.63) is 41.3 Å². The van der Waals surface area contributed by atoms with Crippen molar-refractivity contribution in [2.75, 3.05) is 12.4 Å². The van der Waals surface area contributed by atoms with Crippen molar-refractivity contribution in [2.24, 2.45) is 0 Å². The second-order valence-electron chi connectivity index (χ2n) is 5.92. The summed E-state index contributed by atoms with van der Waals surface area (Å²) in [6, 6.07) is 9.64. The third-order valence-corrected chi connectivity index (χ3v) is 4.92. The summed E-state index contributed by atoms with van der Waals surface area (Å²) in [5.41, 5.74) is 2.15. The molecule has 0 aliphatic carbocycles. The first-order valence-corrected chi connectivity index (χ1v) is 9.60. The van der Waals surface area contributed by atoms with Gasteiger partial charge in [-0.3, -0.25) is 4.79 Å². The molecule has 0 aliphatic rings. The van der Waals surface area contributed by atoms with Crippen LogP contribution in [0.5, 0.6) is 0 Å². The van der Waals surface area contributed by atoms with E-state index in [9.17, 15) is 9.59 Å². The third-order valence-electron chi connectivity index (χ3n) is 4.03. The first-order valence-electron chi connectivity index (χ1n) is 8.72. The standard InChI is InChI=1S/C20H25NO3S/c1-3-4-5-6-10-13-17(22)21-19-18(20(23)24-2)16(14-25-19)15-11-8-7-9-12-15/h7-9,11-12,14H,3-6,10,13H2,1-2H3,(H,21,22). The van der Waals surface area contributed by atoms with Gasteiger partial charge in [-0.05, 0) is 12.0 Å². The lowest BCUT2D eigenvalue weighted by atomic mass is 10.0. The van der Waals surface area contributed by atoms with Crippen LogP contribution >= 0.6 is 11.3 Å². The van der Waals surface area contributed by atoms with Gasteiger partial charge in [-0.15, -0.1) is 11.3 Å². The van der Waals surface area contributed by atoms with Crippen LogP contribution in [0.15, 0.2) is 35.7 Å². The average molecular weight is 359 g/mol. The van der Waals surface area contributed by atoms with Crippen LogP contribution in [-0.4, -0.2) is 19.0 Å². The monoisotopic (exact) mass is 359 g/mol. The van der Waals surface area contributed by atoms with Crippen LogP contribution in [0.1, 0.15) is 55.8 Å². The van der Waals surface area contributed by atoms with Gasteiger partial charge in [0.05, 0.1) is 7.11 Å². The number of methoxy groups -OCH3 is 1. The highest BCUT2D eigenvalue weighted by Crippen LogP contribution is 2.36. The summed E-state index contributed by atoms with van der Waals surface area (Å²) in [4.78, 5) is 24.4. The Hall–Kier alpha value is -2.14. The number of carbonyl (C=O) groups is 2. The predicted octanol–water partition coefficient (Wildman–Crippen LogP) is 5.50. The molecule has 0 aliphatic heterocycles. The summed E-state index contributed by atoms with van der Waals surface area (Å²) in [6.45, 7) is 2.17. The van der Waals surface area contributed by atoms with Crippen LogP contribution in [0.3, 0.4) is 0 Å². The molecule has 0 radical (unpaired) electrons. The minimum absolute atomic E-state index is 0.0527. The molecule has 1 heterocycles. The van der Waals surface area contributed by atoms with E-state index in [-0.39, 0.29) is 5.91 Å². The Morgan fingerprint density at radius 2 is 1.80 bits per heavy atom. The number of nitrogens with one attached hydrogen (secondary N) is 1. The lowest BCUT2D eigenvalue weighted by Gasteiger charge is -2.08. The minimum atomic E-state index is -0.432. The van der Waals surface area contributed by atoms with E-state index in [1.807, 2.05) is 35.7 Å². The van der Waals surface area contributed by atoms with E-state index < -0.39 is 5.97 Å². The van der Waals surface area contributed by atoms with Gasteiger partial charge >= 0.3 is 5.97 Å². The second-order valence-corrected chi connectivity index (χ2v) is 6.80. The Bertz CT molecular complexity index is 694. The van der Waals surface area contributed by atoms with Crippen LogP contribution in [0, 0.1) is 0 Å². The van der Waals surface area contributed by atoms with E-state index in [2.05, 4.69) is 12.2 Å². The molecule has 2 aromatic rings. The lowest BCUT2D eigenvalue weighted by Crippen LogP contribution is -2.13. The normalized spacial score (nSPS) is 10.5. The van der Waals surface area contributed by atoms with Crippen LogP contribution in [0.4, 0.5) is 5.00 Å². The van der Waals surface area contributed by atoms with Crippen LogP contribution in [-0.2, 0) is 9.53 Å². The highest BCUT2D eigenvalue weighted by atomic mass is 32.1. The van der Waals surface area contributed by atoms with E-state index in [1.54, 1.807) is 0 Å². The minimum Gasteiger partial charge on any atom is -0.465 e. The fraction of sp³-hybridized carbons (Fsp3) is 0.400. The molecule has 0 bridgehead atoms. The van der Waals surface area contributed by atoms with E-state index in [4.69, 9.17) is 4.74 Å². The van der Waals surface area contributed by atoms with E-state index in [0.717, 1.165) is 30.4 Å². The first kappa shape index (κ1) is 19.2. The zero-order chi connectivity index (χ0) is 18.1.